The maximum absolute atomic E-state index is 4.25. The van der Waals surface area contributed by atoms with Crippen LogP contribution in [0.5, 0.6) is 0 Å². The van der Waals surface area contributed by atoms with Gasteiger partial charge in [-0.05, 0) is 41.9 Å². The van der Waals surface area contributed by atoms with Crippen molar-refractivity contribution in [3.05, 3.63) is 34.9 Å². The Morgan fingerprint density at radius 1 is 1.20 bits per heavy atom. The molecule has 15 heavy (non-hydrogen) atoms. The molecule has 0 heterocycles. The van der Waals surface area contributed by atoms with E-state index in [1.54, 1.807) is 16.7 Å². The average molecular weight is 224 g/mol. The molecule has 0 spiro atoms. The number of hydrogen-bond donors (Lipinski definition) is 1. The first-order valence-corrected chi connectivity index (χ1v) is 5.78. The van der Waals surface area contributed by atoms with E-state index in [-0.39, 0.29) is 12.4 Å². The topological polar surface area (TPSA) is 27.6 Å². The zero-order chi connectivity index (χ0) is 9.54. The Bertz CT molecular complexity index is 362. The van der Waals surface area contributed by atoms with Crippen molar-refractivity contribution in [1.82, 2.24) is 0 Å². The molecular weight excluding hydrogens is 206 g/mol. The Balaban J connectivity index is 0.000000853. The summed E-state index contributed by atoms with van der Waals surface area (Å²) in [6.07, 6.45) is 6.62. The van der Waals surface area contributed by atoms with E-state index >= 15 is 0 Å². The molecule has 0 amide bonds. The number of rotatable bonds is 0. The Hall–Kier alpha value is -0.530. The summed E-state index contributed by atoms with van der Waals surface area (Å²) in [4.78, 5) is 0. The highest BCUT2D eigenvalue weighted by Gasteiger charge is 2.30. The van der Waals surface area contributed by atoms with Crippen LogP contribution >= 0.6 is 0 Å². The molecule has 0 fully saturated rings. The van der Waals surface area contributed by atoms with E-state index in [9.17, 15) is 0 Å². The second-order valence-corrected chi connectivity index (χ2v) is 4.88. The van der Waals surface area contributed by atoms with Crippen LogP contribution in [0.2, 0.25) is 0 Å². The van der Waals surface area contributed by atoms with Gasteiger partial charge in [0.2, 0.25) is 0 Å². The molecule has 3 rings (SSSR count). The van der Waals surface area contributed by atoms with Crippen LogP contribution in [0.1, 0.15) is 41.9 Å². The zero-order valence-electron chi connectivity index (χ0n) is 9.01. The second kappa shape index (κ2) is 4.15. The van der Waals surface area contributed by atoms with Gasteiger partial charge < -0.3 is 18.1 Å². The quantitative estimate of drug-likeness (QED) is 0.565. The van der Waals surface area contributed by atoms with Gasteiger partial charge in [-0.25, -0.2) is 0 Å². The van der Waals surface area contributed by atoms with Crippen molar-refractivity contribution < 1.29 is 18.1 Å². The maximum Gasteiger partial charge on any atom is 0.0890 e. The van der Waals surface area contributed by atoms with E-state index < -0.39 is 0 Å². The first-order valence-electron chi connectivity index (χ1n) is 5.78. The van der Waals surface area contributed by atoms with Crippen LogP contribution in [-0.4, -0.2) is 6.04 Å². The molecule has 0 radical (unpaired) electrons. The highest BCUT2D eigenvalue weighted by atomic mass is 35.5. The molecule has 3 N–H and O–H groups in total. The van der Waals surface area contributed by atoms with Crippen LogP contribution in [0.3, 0.4) is 0 Å². The minimum atomic E-state index is 0. The van der Waals surface area contributed by atoms with Gasteiger partial charge in [-0.15, -0.1) is 0 Å². The van der Waals surface area contributed by atoms with E-state index in [2.05, 4.69) is 23.9 Å². The summed E-state index contributed by atoms with van der Waals surface area (Å²) in [5.41, 5.74) is 9.18. The lowest BCUT2D eigenvalue weighted by atomic mass is 9.72. The van der Waals surface area contributed by atoms with E-state index in [4.69, 9.17) is 0 Å². The molecule has 2 unspecified atom stereocenters. The van der Waals surface area contributed by atoms with Gasteiger partial charge in [0.05, 0.1) is 6.04 Å². The number of benzene rings is 1. The smallest absolute Gasteiger partial charge is 0.0890 e. The summed E-state index contributed by atoms with van der Waals surface area (Å²) >= 11 is 0. The van der Waals surface area contributed by atoms with E-state index in [1.165, 1.54) is 32.1 Å². The highest BCUT2D eigenvalue weighted by molar-refractivity contribution is 5.41. The molecule has 2 aliphatic rings. The fourth-order valence-electron chi connectivity index (χ4n) is 3.30. The molecule has 2 aliphatic carbocycles. The normalized spacial score (nSPS) is 27.8. The summed E-state index contributed by atoms with van der Waals surface area (Å²) < 4.78 is 0. The fourth-order valence-corrected chi connectivity index (χ4v) is 3.30. The molecule has 0 bridgehead atoms. The Morgan fingerprint density at radius 3 is 2.87 bits per heavy atom. The zero-order valence-corrected chi connectivity index (χ0v) is 9.76. The predicted molar refractivity (Wildman–Crippen MR) is 57.1 cm³/mol. The number of halogens is 1. The molecule has 0 aliphatic heterocycles. The second-order valence-electron chi connectivity index (χ2n) is 4.88. The van der Waals surface area contributed by atoms with E-state index in [1.807, 2.05) is 0 Å². The monoisotopic (exact) mass is 223 g/mol. The number of quaternary nitrogens is 1. The largest absolute Gasteiger partial charge is 1.00 e. The Kier molecular flexibility index (Phi) is 3.03. The third-order valence-corrected chi connectivity index (χ3v) is 3.82. The van der Waals surface area contributed by atoms with Gasteiger partial charge in [0.1, 0.15) is 0 Å². The van der Waals surface area contributed by atoms with E-state index in [0.717, 1.165) is 5.92 Å². The van der Waals surface area contributed by atoms with Crippen molar-refractivity contribution in [2.24, 2.45) is 0 Å². The van der Waals surface area contributed by atoms with Crippen molar-refractivity contribution in [2.45, 2.75) is 44.1 Å². The van der Waals surface area contributed by atoms with Gasteiger partial charge in [-0.3, -0.25) is 0 Å². The Morgan fingerprint density at radius 2 is 2.00 bits per heavy atom. The minimum Gasteiger partial charge on any atom is -1.00 e. The van der Waals surface area contributed by atoms with Crippen molar-refractivity contribution >= 4 is 0 Å². The molecule has 0 saturated heterocycles. The average Bonchev–Trinajstić information content (AvgIpc) is 2.18. The summed E-state index contributed by atoms with van der Waals surface area (Å²) in [5.74, 6) is 0.839. The van der Waals surface area contributed by atoms with Gasteiger partial charge in [0.25, 0.3) is 0 Å². The van der Waals surface area contributed by atoms with Crippen LogP contribution in [-0.2, 0) is 12.8 Å². The lowest BCUT2D eigenvalue weighted by molar-refractivity contribution is -0.422. The predicted octanol–water partition coefficient (Wildman–Crippen LogP) is -1.33. The number of aryl methyl sites for hydroxylation is 1. The third kappa shape index (κ3) is 1.79. The van der Waals surface area contributed by atoms with Crippen LogP contribution < -0.4 is 18.1 Å². The highest BCUT2D eigenvalue weighted by Crippen LogP contribution is 2.40. The standard InChI is InChI=1S/C13H17N.ClH/c14-12-7-10-5-1-3-9-4-2-6-11(8-12)13(9)10;/h1,3,5,11-12H,2,4,6-8,14H2;1H. The molecular formula is C13H18ClN. The van der Waals surface area contributed by atoms with Crippen LogP contribution in [0.4, 0.5) is 0 Å². The molecule has 0 saturated carbocycles. The van der Waals surface area contributed by atoms with Gasteiger partial charge in [0.15, 0.2) is 0 Å². The van der Waals surface area contributed by atoms with Crippen molar-refractivity contribution in [2.75, 3.05) is 0 Å². The lowest BCUT2D eigenvalue weighted by Crippen LogP contribution is -3.00. The first-order chi connectivity index (χ1) is 6.84. The summed E-state index contributed by atoms with van der Waals surface area (Å²) in [6, 6.07) is 7.53. The van der Waals surface area contributed by atoms with Gasteiger partial charge in [0, 0.05) is 12.8 Å². The van der Waals surface area contributed by atoms with Crippen LogP contribution in [0.15, 0.2) is 18.2 Å². The minimum absolute atomic E-state index is 0. The van der Waals surface area contributed by atoms with Crippen molar-refractivity contribution in [1.29, 1.82) is 0 Å². The van der Waals surface area contributed by atoms with Gasteiger partial charge in [-0.2, -0.15) is 0 Å². The van der Waals surface area contributed by atoms with Crippen LogP contribution in [0.25, 0.3) is 0 Å². The van der Waals surface area contributed by atoms with Crippen LogP contribution in [0, 0.1) is 0 Å². The lowest BCUT2D eigenvalue weighted by Gasteiger charge is -2.33. The summed E-state index contributed by atoms with van der Waals surface area (Å²) in [6.45, 7) is 0. The van der Waals surface area contributed by atoms with Gasteiger partial charge >= 0.3 is 0 Å². The molecule has 1 aromatic rings. The molecule has 1 aromatic carbocycles. The molecule has 82 valence electrons. The number of hydrogen-bond acceptors (Lipinski definition) is 0. The molecule has 0 aromatic heterocycles. The summed E-state index contributed by atoms with van der Waals surface area (Å²) in [5, 5.41) is 0. The first kappa shape index (κ1) is 11.0. The maximum atomic E-state index is 4.25. The fraction of sp³-hybridized carbons (Fsp3) is 0.538. The van der Waals surface area contributed by atoms with Crippen molar-refractivity contribution in [3.8, 4) is 0 Å². The Labute approximate surface area is 97.5 Å². The molecule has 1 nitrogen and oxygen atoms in total. The third-order valence-electron chi connectivity index (χ3n) is 3.82. The molecule has 2 heteroatoms. The van der Waals surface area contributed by atoms with Crippen molar-refractivity contribution in [3.63, 3.8) is 0 Å². The SMILES string of the molecule is [Cl-].[NH3+]C1Cc2cccc3c2C(CCC3)C1. The summed E-state index contributed by atoms with van der Waals surface area (Å²) in [7, 11) is 0. The molecule has 2 atom stereocenters. The van der Waals surface area contributed by atoms with E-state index in [0.29, 0.717) is 6.04 Å². The van der Waals surface area contributed by atoms with Gasteiger partial charge in [-0.1, -0.05) is 18.2 Å².